The number of rotatable bonds is 1. The summed E-state index contributed by atoms with van der Waals surface area (Å²) in [5, 5.41) is 9.05. The Labute approximate surface area is 65.7 Å². The fourth-order valence-electron chi connectivity index (χ4n) is 1.26. The number of aliphatic hydroxyl groups excluding tert-OH is 1. The molecule has 62 valence electrons. The molecule has 0 spiro atoms. The number of allylic oxidation sites excluding steroid dienone is 1. The van der Waals surface area contributed by atoms with Crippen LogP contribution in [0.3, 0.4) is 0 Å². The molecule has 1 N–H and O–H groups in total. The highest BCUT2D eigenvalue weighted by molar-refractivity contribution is 5.77. The Bertz CT molecular complexity index is 198. The van der Waals surface area contributed by atoms with E-state index in [9.17, 15) is 4.79 Å². The van der Waals surface area contributed by atoms with E-state index in [1.807, 2.05) is 13.0 Å². The van der Waals surface area contributed by atoms with Crippen molar-refractivity contribution in [3.05, 3.63) is 12.2 Å². The van der Waals surface area contributed by atoms with E-state index in [2.05, 4.69) is 0 Å². The van der Waals surface area contributed by atoms with E-state index in [-0.39, 0.29) is 0 Å². The number of carbonyl (C=O) groups is 1. The van der Waals surface area contributed by atoms with Gasteiger partial charge in [-0.3, -0.25) is 0 Å². The van der Waals surface area contributed by atoms with Crippen molar-refractivity contribution >= 4 is 5.97 Å². The molecule has 0 saturated carbocycles. The molecule has 1 saturated heterocycles. The first-order valence-corrected chi connectivity index (χ1v) is 3.62. The lowest BCUT2D eigenvalue weighted by molar-refractivity contribution is -0.149. The highest BCUT2D eigenvalue weighted by Gasteiger charge is 2.40. The Morgan fingerprint density at radius 3 is 2.82 bits per heavy atom. The number of esters is 1. The van der Waals surface area contributed by atoms with Crippen molar-refractivity contribution in [1.29, 1.82) is 0 Å². The Morgan fingerprint density at radius 1 is 1.82 bits per heavy atom. The van der Waals surface area contributed by atoms with Gasteiger partial charge in [0, 0.05) is 6.42 Å². The van der Waals surface area contributed by atoms with Crippen LogP contribution in [0, 0.1) is 0 Å². The van der Waals surface area contributed by atoms with Crippen molar-refractivity contribution in [1.82, 2.24) is 0 Å². The largest absolute Gasteiger partial charge is 0.453 e. The van der Waals surface area contributed by atoms with Crippen LogP contribution in [0.1, 0.15) is 20.3 Å². The van der Waals surface area contributed by atoms with Crippen molar-refractivity contribution in [2.75, 3.05) is 0 Å². The summed E-state index contributed by atoms with van der Waals surface area (Å²) in [6.45, 7) is 3.63. The van der Waals surface area contributed by atoms with E-state index < -0.39 is 17.7 Å². The van der Waals surface area contributed by atoms with Gasteiger partial charge in [0.05, 0.1) is 0 Å². The van der Waals surface area contributed by atoms with Gasteiger partial charge in [0.2, 0.25) is 0 Å². The molecule has 11 heavy (non-hydrogen) atoms. The van der Waals surface area contributed by atoms with Crippen molar-refractivity contribution in [2.45, 2.75) is 32.0 Å². The summed E-state index contributed by atoms with van der Waals surface area (Å²) < 4.78 is 4.93. The molecule has 0 amide bonds. The molecule has 0 bridgehead atoms. The maximum Gasteiger partial charge on any atom is 0.335 e. The van der Waals surface area contributed by atoms with E-state index in [1.54, 1.807) is 13.0 Å². The molecule has 1 rings (SSSR count). The molecule has 0 aromatic rings. The highest BCUT2D eigenvalue weighted by Crippen LogP contribution is 2.27. The summed E-state index contributed by atoms with van der Waals surface area (Å²) in [4.78, 5) is 10.8. The van der Waals surface area contributed by atoms with E-state index >= 15 is 0 Å². The second kappa shape index (κ2) is 2.66. The molecule has 2 atom stereocenters. The average Bonchev–Trinajstić information content (AvgIpc) is 2.08. The van der Waals surface area contributed by atoms with Crippen LogP contribution in [0.4, 0.5) is 0 Å². The summed E-state index contributed by atoms with van der Waals surface area (Å²) in [6.07, 6.45) is 3.00. The first kappa shape index (κ1) is 8.27. The quantitative estimate of drug-likeness (QED) is 0.447. The fraction of sp³-hybridized carbons (Fsp3) is 0.625. The Morgan fingerprint density at radius 2 is 2.45 bits per heavy atom. The zero-order valence-corrected chi connectivity index (χ0v) is 6.70. The summed E-state index contributed by atoms with van der Waals surface area (Å²) in [6, 6.07) is 0. The smallest absolute Gasteiger partial charge is 0.335 e. The fourth-order valence-corrected chi connectivity index (χ4v) is 1.26. The van der Waals surface area contributed by atoms with Crippen LogP contribution < -0.4 is 0 Å². The van der Waals surface area contributed by atoms with E-state index in [1.165, 1.54) is 0 Å². The molecule has 0 aliphatic carbocycles. The molecule has 3 heteroatoms. The Hall–Kier alpha value is -0.830. The molecule has 0 aromatic heterocycles. The average molecular weight is 156 g/mol. The zero-order valence-electron chi connectivity index (χ0n) is 6.70. The lowest BCUT2D eigenvalue weighted by atomic mass is 10.0. The Kier molecular flexibility index (Phi) is 2.00. The third-order valence-corrected chi connectivity index (χ3v) is 1.72. The number of hydrogen-bond donors (Lipinski definition) is 1. The lowest BCUT2D eigenvalue weighted by Gasteiger charge is -2.16. The van der Waals surface area contributed by atoms with Crippen molar-refractivity contribution in [3.63, 3.8) is 0 Å². The Balaban J connectivity index is 2.71. The van der Waals surface area contributed by atoms with Gasteiger partial charge in [0.1, 0.15) is 5.60 Å². The highest BCUT2D eigenvalue weighted by atomic mass is 16.6. The second-order valence-corrected chi connectivity index (χ2v) is 2.95. The topological polar surface area (TPSA) is 46.5 Å². The number of carbonyl (C=O) groups excluding carboxylic acids is 1. The van der Waals surface area contributed by atoms with Gasteiger partial charge in [-0.05, 0) is 19.9 Å². The van der Waals surface area contributed by atoms with Crippen LogP contribution in [0.15, 0.2) is 12.2 Å². The molecule has 3 nitrogen and oxygen atoms in total. The van der Waals surface area contributed by atoms with E-state index in [0.717, 1.165) is 0 Å². The maximum absolute atomic E-state index is 10.8. The van der Waals surface area contributed by atoms with Crippen LogP contribution in [0.25, 0.3) is 0 Å². The number of ether oxygens (including phenoxy) is 1. The summed E-state index contributed by atoms with van der Waals surface area (Å²) in [5.41, 5.74) is -0.592. The van der Waals surface area contributed by atoms with Gasteiger partial charge >= 0.3 is 5.97 Å². The van der Waals surface area contributed by atoms with Gasteiger partial charge in [-0.1, -0.05) is 6.08 Å². The standard InChI is InChI=1S/C8H12O3/c1-3-4-8(2)5-6(9)7(10)11-8/h3-4,6,9H,5H2,1-2H3/b4-3+. The predicted octanol–water partition coefficient (Wildman–Crippen LogP) is 0.629. The van der Waals surface area contributed by atoms with Crippen molar-refractivity contribution in [3.8, 4) is 0 Å². The third kappa shape index (κ3) is 1.60. The SMILES string of the molecule is C/C=C/C1(C)CC(O)C(=O)O1. The minimum Gasteiger partial charge on any atom is -0.453 e. The maximum atomic E-state index is 10.8. The molecule has 1 fully saturated rings. The first-order valence-electron chi connectivity index (χ1n) is 3.62. The summed E-state index contributed by atoms with van der Waals surface area (Å²) in [7, 11) is 0. The lowest BCUT2D eigenvalue weighted by Crippen LogP contribution is -2.20. The molecule has 1 heterocycles. The van der Waals surface area contributed by atoms with Gasteiger partial charge in [0.25, 0.3) is 0 Å². The number of hydrogen-bond acceptors (Lipinski definition) is 3. The van der Waals surface area contributed by atoms with Gasteiger partial charge in [-0.25, -0.2) is 4.79 Å². The molecular formula is C8H12O3. The van der Waals surface area contributed by atoms with Gasteiger partial charge in [0.15, 0.2) is 6.10 Å². The molecule has 1 aliphatic rings. The van der Waals surface area contributed by atoms with Gasteiger partial charge in [-0.15, -0.1) is 0 Å². The van der Waals surface area contributed by atoms with Crippen LogP contribution in [-0.2, 0) is 9.53 Å². The van der Waals surface area contributed by atoms with Crippen molar-refractivity contribution in [2.24, 2.45) is 0 Å². The second-order valence-electron chi connectivity index (χ2n) is 2.95. The van der Waals surface area contributed by atoms with Crippen LogP contribution in [0.2, 0.25) is 0 Å². The van der Waals surface area contributed by atoms with Gasteiger partial charge < -0.3 is 9.84 Å². The summed E-state index contributed by atoms with van der Waals surface area (Å²) >= 11 is 0. The number of aliphatic hydroxyl groups is 1. The minimum absolute atomic E-state index is 0.357. The summed E-state index contributed by atoms with van der Waals surface area (Å²) in [5.74, 6) is -0.523. The molecule has 0 aromatic carbocycles. The normalized spacial score (nSPS) is 38.1. The molecule has 0 radical (unpaired) electrons. The first-order chi connectivity index (χ1) is 5.07. The van der Waals surface area contributed by atoms with Gasteiger partial charge in [-0.2, -0.15) is 0 Å². The zero-order chi connectivity index (χ0) is 8.48. The third-order valence-electron chi connectivity index (χ3n) is 1.72. The van der Waals surface area contributed by atoms with E-state index in [4.69, 9.17) is 9.84 Å². The van der Waals surface area contributed by atoms with Crippen molar-refractivity contribution < 1.29 is 14.6 Å². The predicted molar refractivity (Wildman–Crippen MR) is 39.9 cm³/mol. The monoisotopic (exact) mass is 156 g/mol. The van der Waals surface area contributed by atoms with Crippen LogP contribution in [-0.4, -0.2) is 22.8 Å². The van der Waals surface area contributed by atoms with Crippen LogP contribution in [0.5, 0.6) is 0 Å². The minimum atomic E-state index is -0.948. The molecular weight excluding hydrogens is 144 g/mol. The van der Waals surface area contributed by atoms with E-state index in [0.29, 0.717) is 6.42 Å². The number of cyclic esters (lactones) is 1. The molecule has 2 unspecified atom stereocenters. The molecule has 1 aliphatic heterocycles. The van der Waals surface area contributed by atoms with Crippen LogP contribution >= 0.6 is 0 Å².